The van der Waals surface area contributed by atoms with Crippen LogP contribution in [0, 0.1) is 11.7 Å². The molecule has 2 bridgehead atoms. The van der Waals surface area contributed by atoms with E-state index < -0.39 is 0 Å². The number of carbonyl (C=O) groups excluding carboxylic acids is 1. The van der Waals surface area contributed by atoms with Gasteiger partial charge in [-0.05, 0) is 73.3 Å². The Balaban J connectivity index is 1.40. The first-order chi connectivity index (χ1) is 13.1. The molecule has 2 aliphatic carbocycles. The van der Waals surface area contributed by atoms with Crippen LogP contribution in [0.25, 0.3) is 11.1 Å². The molecule has 2 amide bonds. The summed E-state index contributed by atoms with van der Waals surface area (Å²) in [5, 5.41) is 3.07. The number of halogens is 1. The average molecular weight is 365 g/mol. The van der Waals surface area contributed by atoms with E-state index in [-0.39, 0.29) is 11.8 Å². The predicted octanol–water partition coefficient (Wildman–Crippen LogP) is 5.17. The molecule has 0 radical (unpaired) electrons. The second-order valence-corrected chi connectivity index (χ2v) is 8.43. The van der Waals surface area contributed by atoms with E-state index >= 15 is 0 Å². The molecule has 2 aliphatic heterocycles. The largest absolute Gasteiger partial charge is 0.322 e. The molecule has 6 rings (SSSR count). The molecule has 3 atom stereocenters. The highest BCUT2D eigenvalue weighted by Gasteiger charge is 2.46. The summed E-state index contributed by atoms with van der Waals surface area (Å²) < 4.78 is 13.7. The Bertz CT molecular complexity index is 883. The van der Waals surface area contributed by atoms with E-state index in [4.69, 9.17) is 0 Å². The van der Waals surface area contributed by atoms with E-state index in [1.807, 2.05) is 17.0 Å². The Labute approximate surface area is 158 Å². The van der Waals surface area contributed by atoms with E-state index in [1.54, 1.807) is 6.20 Å². The molecular weight excluding hydrogens is 341 g/mol. The van der Waals surface area contributed by atoms with Crippen molar-refractivity contribution < 1.29 is 9.18 Å². The lowest BCUT2D eigenvalue weighted by molar-refractivity contribution is -0.00600. The highest BCUT2D eigenvalue weighted by atomic mass is 19.1. The van der Waals surface area contributed by atoms with Crippen molar-refractivity contribution in [3.05, 3.63) is 48.0 Å². The Morgan fingerprint density at radius 3 is 2.63 bits per heavy atom. The standard InChI is InChI=1S/C22H24FN3O/c1-13-6-18-10-19(7-13)26(18)22(27)25-17-4-5-20(14-2-3-14)21(9-17)15-8-16(23)12-24-11-15/h4-5,8-9,11-14,18-19H,2-3,6-7,10H2,1H3,(H,25,27)/t13-,18+,19-. The van der Waals surface area contributed by atoms with E-state index in [1.165, 1.54) is 17.8 Å². The number of carbonyl (C=O) groups is 1. The second-order valence-electron chi connectivity index (χ2n) is 8.43. The third-order valence-electron chi connectivity index (χ3n) is 6.25. The summed E-state index contributed by atoms with van der Waals surface area (Å²) in [6, 6.07) is 8.30. The second kappa shape index (κ2) is 6.32. The lowest BCUT2D eigenvalue weighted by Gasteiger charge is -2.54. The summed E-state index contributed by atoms with van der Waals surface area (Å²) in [5.41, 5.74) is 3.72. The van der Waals surface area contributed by atoms with Crippen molar-refractivity contribution in [2.75, 3.05) is 5.32 Å². The molecule has 1 N–H and O–H groups in total. The van der Waals surface area contributed by atoms with Crippen LogP contribution in [-0.4, -0.2) is 28.0 Å². The summed E-state index contributed by atoms with van der Waals surface area (Å²) in [4.78, 5) is 18.8. The number of anilines is 1. The zero-order valence-electron chi connectivity index (χ0n) is 15.5. The number of fused-ring (bicyclic) bond motifs is 2. The van der Waals surface area contributed by atoms with Crippen molar-refractivity contribution in [1.82, 2.24) is 9.88 Å². The number of pyridine rings is 1. The third-order valence-corrected chi connectivity index (χ3v) is 6.25. The summed E-state index contributed by atoms with van der Waals surface area (Å²) in [5.74, 6) is 0.901. The first-order valence-electron chi connectivity index (χ1n) is 9.92. The van der Waals surface area contributed by atoms with Crippen molar-refractivity contribution in [1.29, 1.82) is 0 Å². The topological polar surface area (TPSA) is 45.2 Å². The van der Waals surface area contributed by atoms with Crippen molar-refractivity contribution in [2.45, 2.75) is 57.0 Å². The van der Waals surface area contributed by atoms with Crippen LogP contribution >= 0.6 is 0 Å². The van der Waals surface area contributed by atoms with E-state index in [9.17, 15) is 9.18 Å². The molecule has 4 nitrogen and oxygen atoms in total. The number of nitrogens with one attached hydrogen (secondary N) is 1. The van der Waals surface area contributed by atoms with Gasteiger partial charge in [0.05, 0.1) is 6.20 Å². The fourth-order valence-electron chi connectivity index (χ4n) is 4.86. The number of urea groups is 1. The van der Waals surface area contributed by atoms with Gasteiger partial charge in [0.25, 0.3) is 0 Å². The zero-order chi connectivity index (χ0) is 18.5. The SMILES string of the molecule is C[C@H]1C[C@@H]2C[C@H](C1)N2C(=O)Nc1ccc(C2CC2)c(-c2cncc(F)c2)c1. The van der Waals surface area contributed by atoms with Gasteiger partial charge in [0.15, 0.2) is 0 Å². The summed E-state index contributed by atoms with van der Waals surface area (Å²) in [6.45, 7) is 2.27. The van der Waals surface area contributed by atoms with Crippen LogP contribution in [-0.2, 0) is 0 Å². The maximum absolute atomic E-state index is 13.7. The number of amides is 2. The van der Waals surface area contributed by atoms with Crippen molar-refractivity contribution >= 4 is 11.7 Å². The molecule has 140 valence electrons. The fourth-order valence-corrected chi connectivity index (χ4v) is 4.86. The fraction of sp³-hybridized carbons (Fsp3) is 0.455. The zero-order valence-corrected chi connectivity index (χ0v) is 15.5. The van der Waals surface area contributed by atoms with Crippen LogP contribution in [0.5, 0.6) is 0 Å². The van der Waals surface area contributed by atoms with Crippen molar-refractivity contribution in [3.63, 3.8) is 0 Å². The molecule has 27 heavy (non-hydrogen) atoms. The monoisotopic (exact) mass is 365 g/mol. The number of rotatable bonds is 3. The molecule has 5 heteroatoms. The molecule has 2 saturated carbocycles. The van der Waals surface area contributed by atoms with Gasteiger partial charge < -0.3 is 10.2 Å². The minimum Gasteiger partial charge on any atom is -0.318 e. The molecule has 3 heterocycles. The quantitative estimate of drug-likeness (QED) is 0.815. The first-order valence-corrected chi connectivity index (χ1v) is 9.92. The van der Waals surface area contributed by atoms with Gasteiger partial charge in [-0.15, -0.1) is 0 Å². The van der Waals surface area contributed by atoms with Gasteiger partial charge in [-0.1, -0.05) is 13.0 Å². The number of piperidine rings is 1. The Kier molecular flexibility index (Phi) is 3.92. The smallest absolute Gasteiger partial charge is 0.318 e. The van der Waals surface area contributed by atoms with Crippen LogP contribution in [0.15, 0.2) is 36.7 Å². The third kappa shape index (κ3) is 3.09. The van der Waals surface area contributed by atoms with Gasteiger partial charge in [0, 0.05) is 29.5 Å². The van der Waals surface area contributed by atoms with Crippen LogP contribution in [0.2, 0.25) is 0 Å². The van der Waals surface area contributed by atoms with Gasteiger partial charge in [0.2, 0.25) is 0 Å². The van der Waals surface area contributed by atoms with Crippen LogP contribution in [0.4, 0.5) is 14.9 Å². The number of benzene rings is 1. The molecule has 4 fully saturated rings. The molecule has 4 aliphatic rings. The predicted molar refractivity (Wildman–Crippen MR) is 103 cm³/mol. The van der Waals surface area contributed by atoms with Crippen molar-refractivity contribution in [3.8, 4) is 11.1 Å². The van der Waals surface area contributed by atoms with Crippen LogP contribution in [0.1, 0.15) is 50.5 Å². The van der Waals surface area contributed by atoms with Crippen LogP contribution in [0.3, 0.4) is 0 Å². The minimum atomic E-state index is -0.341. The Morgan fingerprint density at radius 2 is 1.93 bits per heavy atom. The van der Waals surface area contributed by atoms with Gasteiger partial charge in [-0.2, -0.15) is 0 Å². The van der Waals surface area contributed by atoms with E-state index in [0.29, 0.717) is 23.9 Å². The number of hydrogen-bond acceptors (Lipinski definition) is 2. The molecule has 1 aromatic heterocycles. The van der Waals surface area contributed by atoms with Gasteiger partial charge in [0.1, 0.15) is 5.82 Å². The minimum absolute atomic E-state index is 0.00867. The maximum Gasteiger partial charge on any atom is 0.322 e. The van der Waals surface area contributed by atoms with Crippen LogP contribution < -0.4 is 5.32 Å². The summed E-state index contributed by atoms with van der Waals surface area (Å²) in [6.07, 6.45) is 8.58. The maximum atomic E-state index is 13.7. The molecule has 2 aromatic rings. The molecule has 2 saturated heterocycles. The molecule has 0 unspecified atom stereocenters. The van der Waals surface area contributed by atoms with Crippen molar-refractivity contribution in [2.24, 2.45) is 5.92 Å². The molecule has 0 spiro atoms. The molecular formula is C22H24FN3O. The highest BCUT2D eigenvalue weighted by molar-refractivity contribution is 5.91. The number of hydrogen-bond donors (Lipinski definition) is 1. The van der Waals surface area contributed by atoms with E-state index in [0.717, 1.165) is 48.9 Å². The normalized spacial score (nSPS) is 26.4. The van der Waals surface area contributed by atoms with Gasteiger partial charge in [-0.3, -0.25) is 4.98 Å². The van der Waals surface area contributed by atoms with E-state index in [2.05, 4.69) is 23.3 Å². The van der Waals surface area contributed by atoms with Gasteiger partial charge in [-0.25, -0.2) is 9.18 Å². The number of nitrogens with zero attached hydrogens (tertiary/aromatic N) is 2. The lowest BCUT2D eigenvalue weighted by Crippen LogP contribution is -2.63. The average Bonchev–Trinajstić information content (AvgIpc) is 3.46. The Morgan fingerprint density at radius 1 is 1.15 bits per heavy atom. The molecule has 1 aromatic carbocycles. The first kappa shape index (κ1) is 16.7. The summed E-state index contributed by atoms with van der Waals surface area (Å²) in [7, 11) is 0. The number of aromatic nitrogens is 1. The van der Waals surface area contributed by atoms with Gasteiger partial charge >= 0.3 is 6.03 Å². The highest BCUT2D eigenvalue weighted by Crippen LogP contribution is 2.45. The Hall–Kier alpha value is -2.43. The summed E-state index contributed by atoms with van der Waals surface area (Å²) >= 11 is 0. The lowest BCUT2D eigenvalue weighted by atomic mass is 9.74.